The van der Waals surface area contributed by atoms with Crippen molar-refractivity contribution in [3.63, 3.8) is 0 Å². The van der Waals surface area contributed by atoms with E-state index in [2.05, 4.69) is 10.1 Å². The van der Waals surface area contributed by atoms with Crippen molar-refractivity contribution in [2.45, 2.75) is 0 Å². The smallest absolute Gasteiger partial charge is 0.117 e. The van der Waals surface area contributed by atoms with Gasteiger partial charge in [0.05, 0.1) is 17.4 Å². The minimum Gasteiger partial charge on any atom is -0.396 e. The van der Waals surface area contributed by atoms with Crippen molar-refractivity contribution in [2.24, 2.45) is 0 Å². The zero-order chi connectivity index (χ0) is 6.97. The molecule has 0 aliphatic heterocycles. The van der Waals surface area contributed by atoms with E-state index in [0.717, 1.165) is 5.52 Å². The lowest BCUT2D eigenvalue weighted by Crippen LogP contribution is -1.87. The van der Waals surface area contributed by atoms with Crippen LogP contribution in [0.1, 0.15) is 0 Å². The molecule has 0 unspecified atom stereocenters. The molecule has 4 heteroatoms. The summed E-state index contributed by atoms with van der Waals surface area (Å²) in [6.45, 7) is 0. The van der Waals surface area contributed by atoms with Crippen molar-refractivity contribution < 1.29 is 0 Å². The zero-order valence-electron chi connectivity index (χ0n) is 5.23. The van der Waals surface area contributed by atoms with Gasteiger partial charge in [-0.25, -0.2) is 9.50 Å². The normalized spacial score (nSPS) is 10.4. The Balaban J connectivity index is 2.93. The van der Waals surface area contributed by atoms with Crippen LogP contribution in [0.2, 0.25) is 0 Å². The summed E-state index contributed by atoms with van der Waals surface area (Å²) < 4.78 is 1.63. The second-order valence-electron chi connectivity index (χ2n) is 2.01. The van der Waals surface area contributed by atoms with Gasteiger partial charge in [0.2, 0.25) is 0 Å². The fraction of sp³-hybridized carbons (Fsp3) is 0. The van der Waals surface area contributed by atoms with E-state index in [1.54, 1.807) is 23.2 Å². The largest absolute Gasteiger partial charge is 0.396 e. The van der Waals surface area contributed by atoms with Gasteiger partial charge in [-0.1, -0.05) is 0 Å². The number of rotatable bonds is 0. The van der Waals surface area contributed by atoms with E-state index in [1.807, 2.05) is 6.07 Å². The van der Waals surface area contributed by atoms with E-state index in [-0.39, 0.29) is 0 Å². The first kappa shape index (κ1) is 5.22. The highest BCUT2D eigenvalue weighted by Gasteiger charge is 1.95. The summed E-state index contributed by atoms with van der Waals surface area (Å²) in [5.41, 5.74) is 7.15. The molecule has 0 amide bonds. The highest BCUT2D eigenvalue weighted by atomic mass is 15.2. The monoisotopic (exact) mass is 134 g/mol. The average Bonchev–Trinajstić information content (AvgIpc) is 2.34. The van der Waals surface area contributed by atoms with Crippen molar-refractivity contribution in [3.05, 3.63) is 24.8 Å². The number of nitrogens with zero attached hydrogens (tertiary/aromatic N) is 3. The van der Waals surface area contributed by atoms with E-state index in [9.17, 15) is 0 Å². The first-order valence-electron chi connectivity index (χ1n) is 2.91. The maximum atomic E-state index is 5.57. The molecule has 0 radical (unpaired) electrons. The highest BCUT2D eigenvalue weighted by molar-refractivity contribution is 5.67. The van der Waals surface area contributed by atoms with E-state index >= 15 is 0 Å². The minimum atomic E-state index is 0.683. The van der Waals surface area contributed by atoms with Gasteiger partial charge >= 0.3 is 0 Å². The van der Waals surface area contributed by atoms with Crippen molar-refractivity contribution in [1.82, 2.24) is 14.6 Å². The van der Waals surface area contributed by atoms with Crippen molar-refractivity contribution in [1.29, 1.82) is 0 Å². The second kappa shape index (κ2) is 1.70. The number of aromatic nitrogens is 3. The van der Waals surface area contributed by atoms with Crippen LogP contribution in [-0.4, -0.2) is 14.6 Å². The molecule has 50 valence electrons. The maximum Gasteiger partial charge on any atom is 0.117 e. The molecule has 2 rings (SSSR count). The van der Waals surface area contributed by atoms with E-state index in [4.69, 9.17) is 5.73 Å². The molecule has 2 aromatic rings. The molecular formula is C6H6N4. The predicted molar refractivity (Wildman–Crippen MR) is 37.4 cm³/mol. The van der Waals surface area contributed by atoms with E-state index < -0.39 is 0 Å². The molecule has 0 aromatic carbocycles. The van der Waals surface area contributed by atoms with Crippen LogP contribution in [0.5, 0.6) is 0 Å². The molecule has 2 aromatic heterocycles. The molecule has 2 N–H and O–H groups in total. The molecule has 0 bridgehead atoms. The molecule has 10 heavy (non-hydrogen) atoms. The summed E-state index contributed by atoms with van der Waals surface area (Å²) in [6.07, 6.45) is 4.91. The van der Waals surface area contributed by atoms with Gasteiger partial charge in [-0.05, 0) is 6.07 Å². The van der Waals surface area contributed by atoms with Crippen LogP contribution < -0.4 is 5.73 Å². The quantitative estimate of drug-likeness (QED) is 0.564. The number of fused-ring (bicyclic) bond motifs is 1. The van der Waals surface area contributed by atoms with Crippen LogP contribution in [0.4, 0.5) is 5.69 Å². The van der Waals surface area contributed by atoms with Gasteiger partial charge in [0.15, 0.2) is 0 Å². The van der Waals surface area contributed by atoms with Crippen LogP contribution in [0.15, 0.2) is 24.8 Å². The Labute approximate surface area is 57.3 Å². The Morgan fingerprint density at radius 2 is 2.40 bits per heavy atom. The molecule has 2 heterocycles. The minimum absolute atomic E-state index is 0.683. The Morgan fingerprint density at radius 1 is 1.50 bits per heavy atom. The van der Waals surface area contributed by atoms with Crippen LogP contribution >= 0.6 is 0 Å². The molecule has 0 spiro atoms. The lowest BCUT2D eigenvalue weighted by atomic mass is 10.4. The van der Waals surface area contributed by atoms with Gasteiger partial charge < -0.3 is 5.73 Å². The van der Waals surface area contributed by atoms with Crippen LogP contribution in [-0.2, 0) is 0 Å². The number of hydrogen-bond acceptors (Lipinski definition) is 3. The molecular weight excluding hydrogens is 128 g/mol. The third kappa shape index (κ3) is 0.556. The summed E-state index contributed by atoms with van der Waals surface area (Å²) in [7, 11) is 0. The van der Waals surface area contributed by atoms with Gasteiger partial charge in [0.25, 0.3) is 0 Å². The fourth-order valence-corrected chi connectivity index (χ4v) is 0.865. The Kier molecular flexibility index (Phi) is 0.887. The molecule has 4 nitrogen and oxygen atoms in total. The van der Waals surface area contributed by atoms with Crippen molar-refractivity contribution in [2.75, 3.05) is 5.73 Å². The summed E-state index contributed by atoms with van der Waals surface area (Å²) >= 11 is 0. The number of nitrogens with two attached hydrogens (primary N) is 1. The average molecular weight is 134 g/mol. The number of anilines is 1. The third-order valence-corrected chi connectivity index (χ3v) is 1.36. The van der Waals surface area contributed by atoms with Crippen LogP contribution in [0, 0.1) is 0 Å². The SMILES string of the molecule is Nc1cnn2cnccc12. The summed E-state index contributed by atoms with van der Waals surface area (Å²) in [5.74, 6) is 0. The highest BCUT2D eigenvalue weighted by Crippen LogP contribution is 2.08. The van der Waals surface area contributed by atoms with Crippen LogP contribution in [0.3, 0.4) is 0 Å². The molecule has 0 aliphatic rings. The lowest BCUT2D eigenvalue weighted by Gasteiger charge is -1.88. The van der Waals surface area contributed by atoms with Gasteiger partial charge in [0, 0.05) is 6.20 Å². The van der Waals surface area contributed by atoms with Crippen molar-refractivity contribution >= 4 is 11.2 Å². The number of hydrogen-bond donors (Lipinski definition) is 1. The Hall–Kier alpha value is -1.58. The van der Waals surface area contributed by atoms with E-state index in [0.29, 0.717) is 5.69 Å². The predicted octanol–water partition coefficient (Wildman–Crippen LogP) is 0.311. The molecule has 0 saturated heterocycles. The second-order valence-corrected chi connectivity index (χ2v) is 2.01. The molecule has 0 fully saturated rings. The topological polar surface area (TPSA) is 56.2 Å². The fourth-order valence-electron chi connectivity index (χ4n) is 0.865. The first-order valence-corrected chi connectivity index (χ1v) is 2.91. The Morgan fingerprint density at radius 3 is 3.20 bits per heavy atom. The summed E-state index contributed by atoms with van der Waals surface area (Å²) in [6, 6.07) is 1.82. The summed E-state index contributed by atoms with van der Waals surface area (Å²) in [4.78, 5) is 3.87. The Bertz CT molecular complexity index is 351. The molecule has 0 saturated carbocycles. The lowest BCUT2D eigenvalue weighted by molar-refractivity contribution is 0.921. The number of nitrogen functional groups attached to an aromatic ring is 1. The molecule has 0 atom stereocenters. The first-order chi connectivity index (χ1) is 4.88. The third-order valence-electron chi connectivity index (χ3n) is 1.36. The van der Waals surface area contributed by atoms with Gasteiger partial charge in [-0.15, -0.1) is 0 Å². The standard InChI is InChI=1S/C6H6N4/c7-5-3-9-10-4-8-2-1-6(5)10/h1-4H,7H2. The maximum absolute atomic E-state index is 5.57. The van der Waals surface area contributed by atoms with E-state index in [1.165, 1.54) is 0 Å². The zero-order valence-corrected chi connectivity index (χ0v) is 5.23. The summed E-state index contributed by atoms with van der Waals surface area (Å²) in [5, 5.41) is 3.95. The van der Waals surface area contributed by atoms with Gasteiger partial charge in [-0.3, -0.25) is 0 Å². The molecule has 0 aliphatic carbocycles. The van der Waals surface area contributed by atoms with Crippen LogP contribution in [0.25, 0.3) is 5.52 Å². The van der Waals surface area contributed by atoms with Crippen molar-refractivity contribution in [3.8, 4) is 0 Å². The van der Waals surface area contributed by atoms with Gasteiger partial charge in [0.1, 0.15) is 6.33 Å². The van der Waals surface area contributed by atoms with Gasteiger partial charge in [-0.2, -0.15) is 5.10 Å².